The standard InChI is InChI=1S/C18H25N9O2/c1-21-18(29)15(19)12-27(20)9-3-2-4-13-5-6-16(26-25-13)24-17(28)10-14-11-22-7-8-23-14/h5-8,11-12H,2-4,9-10,19-20H2,1H3,(H,21,29)(H,24,26,28)/b15-12-. The molecule has 2 heterocycles. The smallest absolute Gasteiger partial charge is 0.268 e. The number of nitrogens with zero attached hydrogens (tertiary/aromatic N) is 5. The molecule has 0 fully saturated rings. The Morgan fingerprint density at radius 1 is 1.17 bits per heavy atom. The molecule has 0 spiro atoms. The van der Waals surface area contributed by atoms with Gasteiger partial charge in [-0.1, -0.05) is 0 Å². The monoisotopic (exact) mass is 399 g/mol. The van der Waals surface area contributed by atoms with Gasteiger partial charge in [0.2, 0.25) is 5.91 Å². The summed E-state index contributed by atoms with van der Waals surface area (Å²) in [4.78, 5) is 31.3. The number of hydrazine groups is 1. The molecule has 0 atom stereocenters. The Hall–Kier alpha value is -3.60. The van der Waals surface area contributed by atoms with Gasteiger partial charge in [-0.2, -0.15) is 5.10 Å². The number of hydrogen-bond donors (Lipinski definition) is 4. The van der Waals surface area contributed by atoms with Crippen molar-refractivity contribution in [2.24, 2.45) is 11.6 Å². The number of unbranched alkanes of at least 4 members (excludes halogenated alkanes) is 1. The first-order chi connectivity index (χ1) is 14.0. The van der Waals surface area contributed by atoms with E-state index in [1.54, 1.807) is 18.5 Å². The second kappa shape index (κ2) is 11.3. The Kier molecular flexibility index (Phi) is 8.45. The van der Waals surface area contributed by atoms with E-state index < -0.39 is 0 Å². The number of anilines is 1. The highest BCUT2D eigenvalue weighted by Gasteiger charge is 2.07. The van der Waals surface area contributed by atoms with Crippen molar-refractivity contribution >= 4 is 17.6 Å². The van der Waals surface area contributed by atoms with E-state index in [2.05, 4.69) is 30.8 Å². The topological polar surface area (TPSA) is 165 Å². The molecule has 0 bridgehead atoms. The number of amides is 2. The Labute approximate surface area is 168 Å². The summed E-state index contributed by atoms with van der Waals surface area (Å²) >= 11 is 0. The van der Waals surface area contributed by atoms with Gasteiger partial charge in [-0.15, -0.1) is 5.10 Å². The van der Waals surface area contributed by atoms with Crippen LogP contribution in [0.1, 0.15) is 24.2 Å². The minimum Gasteiger partial charge on any atom is -0.393 e. The minimum atomic E-state index is -0.375. The van der Waals surface area contributed by atoms with Crippen LogP contribution in [0, 0.1) is 0 Å². The SMILES string of the molecule is CNC(=O)/C(N)=C/N(N)CCCCc1ccc(NC(=O)Cc2cnccn2)nn1. The number of nitrogens with one attached hydrogen (secondary N) is 2. The maximum atomic E-state index is 12.0. The highest BCUT2D eigenvalue weighted by atomic mass is 16.2. The zero-order valence-electron chi connectivity index (χ0n) is 16.2. The summed E-state index contributed by atoms with van der Waals surface area (Å²) in [6, 6.07) is 3.52. The summed E-state index contributed by atoms with van der Waals surface area (Å²) in [6.45, 7) is 0.543. The number of aromatic nitrogens is 4. The molecular formula is C18H25N9O2. The first kappa shape index (κ1) is 21.7. The van der Waals surface area contributed by atoms with Crippen molar-refractivity contribution in [3.63, 3.8) is 0 Å². The number of carbonyl (C=O) groups excluding carboxylic acids is 2. The Bertz CT molecular complexity index is 825. The molecular weight excluding hydrogens is 374 g/mol. The lowest BCUT2D eigenvalue weighted by Gasteiger charge is -2.14. The molecule has 11 nitrogen and oxygen atoms in total. The van der Waals surface area contributed by atoms with Crippen molar-refractivity contribution in [2.75, 3.05) is 18.9 Å². The second-order valence-electron chi connectivity index (χ2n) is 6.19. The van der Waals surface area contributed by atoms with Crippen LogP contribution in [-0.4, -0.2) is 50.6 Å². The fraction of sp³-hybridized carbons (Fsp3) is 0.333. The van der Waals surface area contributed by atoms with E-state index in [1.165, 1.54) is 24.5 Å². The lowest BCUT2D eigenvalue weighted by Crippen LogP contribution is -2.32. The Morgan fingerprint density at radius 2 is 2.00 bits per heavy atom. The van der Waals surface area contributed by atoms with Crippen LogP contribution in [0.4, 0.5) is 5.82 Å². The number of likely N-dealkylation sites (N-methyl/N-ethyl adjacent to an activating group) is 1. The molecule has 154 valence electrons. The molecule has 0 saturated carbocycles. The second-order valence-corrected chi connectivity index (χ2v) is 6.19. The Morgan fingerprint density at radius 3 is 2.66 bits per heavy atom. The van der Waals surface area contributed by atoms with E-state index in [-0.39, 0.29) is 23.9 Å². The fourth-order valence-electron chi connectivity index (χ4n) is 2.38. The summed E-state index contributed by atoms with van der Waals surface area (Å²) in [5, 5.41) is 14.6. The van der Waals surface area contributed by atoms with Crippen LogP contribution in [0.2, 0.25) is 0 Å². The van der Waals surface area contributed by atoms with Crippen LogP contribution in [0.15, 0.2) is 42.6 Å². The molecule has 2 aromatic heterocycles. The van der Waals surface area contributed by atoms with Gasteiger partial charge in [-0.05, 0) is 31.4 Å². The van der Waals surface area contributed by atoms with Gasteiger partial charge in [0, 0.05) is 38.4 Å². The van der Waals surface area contributed by atoms with Gasteiger partial charge >= 0.3 is 0 Å². The molecule has 0 aliphatic heterocycles. The van der Waals surface area contributed by atoms with Crippen LogP contribution in [0.25, 0.3) is 0 Å². The highest BCUT2D eigenvalue weighted by molar-refractivity contribution is 5.92. The summed E-state index contributed by atoms with van der Waals surface area (Å²) in [7, 11) is 1.50. The molecule has 2 aromatic rings. The normalized spacial score (nSPS) is 11.0. The summed E-state index contributed by atoms with van der Waals surface area (Å²) in [5.41, 5.74) is 7.03. The van der Waals surface area contributed by atoms with E-state index in [0.717, 1.165) is 18.5 Å². The van der Waals surface area contributed by atoms with Crippen molar-refractivity contribution in [1.29, 1.82) is 0 Å². The van der Waals surface area contributed by atoms with Crippen LogP contribution in [-0.2, 0) is 22.4 Å². The molecule has 0 radical (unpaired) electrons. The zero-order valence-corrected chi connectivity index (χ0v) is 16.2. The molecule has 0 aliphatic carbocycles. The fourth-order valence-corrected chi connectivity index (χ4v) is 2.38. The molecule has 0 unspecified atom stereocenters. The summed E-state index contributed by atoms with van der Waals surface area (Å²) in [5.74, 6) is 5.56. The molecule has 29 heavy (non-hydrogen) atoms. The third-order valence-corrected chi connectivity index (χ3v) is 3.84. The lowest BCUT2D eigenvalue weighted by molar-refractivity contribution is -0.117. The van der Waals surface area contributed by atoms with E-state index in [1.807, 2.05) is 6.07 Å². The van der Waals surface area contributed by atoms with Crippen molar-refractivity contribution < 1.29 is 9.59 Å². The number of hydrogen-bond acceptors (Lipinski definition) is 9. The van der Waals surface area contributed by atoms with Gasteiger partial charge < -0.3 is 21.4 Å². The third kappa shape index (κ3) is 7.89. The van der Waals surface area contributed by atoms with E-state index >= 15 is 0 Å². The zero-order chi connectivity index (χ0) is 21.1. The summed E-state index contributed by atoms with van der Waals surface area (Å²) < 4.78 is 0. The van der Waals surface area contributed by atoms with Crippen LogP contribution >= 0.6 is 0 Å². The van der Waals surface area contributed by atoms with Crippen molar-refractivity contribution in [3.8, 4) is 0 Å². The Balaban J connectivity index is 1.71. The molecule has 0 aliphatic rings. The number of carbonyl (C=O) groups is 2. The third-order valence-electron chi connectivity index (χ3n) is 3.84. The van der Waals surface area contributed by atoms with Crippen molar-refractivity contribution in [3.05, 3.63) is 54.0 Å². The molecule has 2 amide bonds. The quantitative estimate of drug-likeness (QED) is 0.178. The predicted molar refractivity (Wildman–Crippen MR) is 107 cm³/mol. The highest BCUT2D eigenvalue weighted by Crippen LogP contribution is 2.06. The largest absolute Gasteiger partial charge is 0.393 e. The van der Waals surface area contributed by atoms with E-state index in [9.17, 15) is 9.59 Å². The van der Waals surface area contributed by atoms with Gasteiger partial charge in [0.15, 0.2) is 5.82 Å². The van der Waals surface area contributed by atoms with E-state index in [4.69, 9.17) is 11.6 Å². The van der Waals surface area contributed by atoms with Gasteiger partial charge in [0.1, 0.15) is 5.70 Å². The number of aryl methyl sites for hydroxylation is 1. The predicted octanol–water partition coefficient (Wildman–Crippen LogP) is -0.508. The maximum Gasteiger partial charge on any atom is 0.268 e. The van der Waals surface area contributed by atoms with Crippen LogP contribution < -0.4 is 22.2 Å². The van der Waals surface area contributed by atoms with Gasteiger partial charge in [0.05, 0.1) is 17.8 Å². The summed E-state index contributed by atoms with van der Waals surface area (Å²) in [6.07, 6.45) is 8.47. The average molecular weight is 399 g/mol. The maximum absolute atomic E-state index is 12.0. The first-order valence-electron chi connectivity index (χ1n) is 9.06. The molecule has 6 N–H and O–H groups in total. The average Bonchev–Trinajstić information content (AvgIpc) is 2.72. The molecule has 0 aromatic carbocycles. The molecule has 0 saturated heterocycles. The number of rotatable bonds is 10. The van der Waals surface area contributed by atoms with E-state index in [0.29, 0.717) is 24.5 Å². The minimum absolute atomic E-state index is 0.0535. The van der Waals surface area contributed by atoms with Gasteiger partial charge in [-0.3, -0.25) is 19.6 Å². The van der Waals surface area contributed by atoms with Crippen LogP contribution in [0.3, 0.4) is 0 Å². The van der Waals surface area contributed by atoms with Crippen LogP contribution in [0.5, 0.6) is 0 Å². The molecule has 2 rings (SSSR count). The van der Waals surface area contributed by atoms with Gasteiger partial charge in [0.25, 0.3) is 5.91 Å². The number of nitrogens with two attached hydrogens (primary N) is 2. The van der Waals surface area contributed by atoms with Crippen molar-refractivity contribution in [1.82, 2.24) is 30.5 Å². The molecule has 11 heteroatoms. The van der Waals surface area contributed by atoms with Crippen molar-refractivity contribution in [2.45, 2.75) is 25.7 Å². The first-order valence-corrected chi connectivity index (χ1v) is 9.06. The lowest BCUT2D eigenvalue weighted by atomic mass is 10.2. The van der Waals surface area contributed by atoms with Gasteiger partial charge in [-0.25, -0.2) is 5.84 Å².